The van der Waals surface area contributed by atoms with E-state index in [1.807, 2.05) is 0 Å². The van der Waals surface area contributed by atoms with Gasteiger partial charge in [-0.3, -0.25) is 0 Å². The van der Waals surface area contributed by atoms with E-state index in [1.165, 1.54) is 121 Å². The normalized spacial score (nSPS) is 29.0. The number of hydrogen-bond donors (Lipinski definition) is 0. The molecule has 3 aliphatic carbocycles. The number of hydrogen-bond acceptors (Lipinski definition) is 0. The zero-order valence-electron chi connectivity index (χ0n) is 22.6. The summed E-state index contributed by atoms with van der Waals surface area (Å²) >= 11 is 0. The standard InChI is InChI=1S/C33H53F/c1-3-5-7-9-11-13-25-14-16-28-24-30(18-17-27(28)22-25)32-21-19-29-23-26(12-10-8-6-4-2)15-20-31(29)33(32)34/h19,21,25-28,30H,3-18,20,22-24H2,1-2H3. The summed E-state index contributed by atoms with van der Waals surface area (Å²) in [6, 6.07) is 4.54. The van der Waals surface area contributed by atoms with Crippen molar-refractivity contribution in [3.8, 4) is 0 Å². The van der Waals surface area contributed by atoms with Crippen LogP contribution in [0.3, 0.4) is 0 Å². The van der Waals surface area contributed by atoms with Crippen LogP contribution in [0.15, 0.2) is 12.1 Å². The largest absolute Gasteiger partial charge is 0.206 e. The third-order valence-electron chi connectivity index (χ3n) is 10.0. The molecule has 0 spiro atoms. The molecule has 0 radical (unpaired) electrons. The second kappa shape index (κ2) is 13.5. The SMILES string of the molecule is CCCCCCCC1CCC2CC(c3ccc4c(c3F)CCC(CCCCCC)C4)CCC2C1. The molecule has 34 heavy (non-hydrogen) atoms. The Balaban J connectivity index is 1.27. The van der Waals surface area contributed by atoms with E-state index < -0.39 is 0 Å². The van der Waals surface area contributed by atoms with Crippen LogP contribution < -0.4 is 0 Å². The van der Waals surface area contributed by atoms with E-state index in [-0.39, 0.29) is 5.82 Å². The van der Waals surface area contributed by atoms with E-state index in [0.29, 0.717) is 5.92 Å². The summed E-state index contributed by atoms with van der Waals surface area (Å²) < 4.78 is 15.7. The molecule has 0 amide bonds. The van der Waals surface area contributed by atoms with Crippen LogP contribution >= 0.6 is 0 Å². The molecule has 192 valence electrons. The zero-order chi connectivity index (χ0) is 23.8. The molecule has 0 nitrogen and oxygen atoms in total. The molecule has 5 atom stereocenters. The van der Waals surface area contributed by atoms with Crippen LogP contribution in [-0.4, -0.2) is 0 Å². The van der Waals surface area contributed by atoms with E-state index >= 15 is 4.39 Å². The number of halogens is 1. The fourth-order valence-electron chi connectivity index (χ4n) is 7.89. The molecule has 0 bridgehead atoms. The number of fused-ring (bicyclic) bond motifs is 2. The Morgan fingerprint density at radius 3 is 2.18 bits per heavy atom. The summed E-state index contributed by atoms with van der Waals surface area (Å²) in [6.07, 6.45) is 26.7. The van der Waals surface area contributed by atoms with Gasteiger partial charge in [0, 0.05) is 0 Å². The highest BCUT2D eigenvalue weighted by Gasteiger charge is 2.37. The minimum absolute atomic E-state index is 0.200. The first-order chi connectivity index (χ1) is 16.7. The van der Waals surface area contributed by atoms with E-state index in [9.17, 15) is 0 Å². The Labute approximate surface area is 210 Å². The fourth-order valence-corrected chi connectivity index (χ4v) is 7.89. The van der Waals surface area contributed by atoms with Crippen molar-refractivity contribution < 1.29 is 4.39 Å². The maximum atomic E-state index is 15.7. The molecule has 1 aromatic rings. The molecule has 2 fully saturated rings. The summed E-state index contributed by atoms with van der Waals surface area (Å²) in [6.45, 7) is 4.59. The summed E-state index contributed by atoms with van der Waals surface area (Å²) in [5.74, 6) is 4.23. The van der Waals surface area contributed by atoms with E-state index in [4.69, 9.17) is 0 Å². The van der Waals surface area contributed by atoms with Crippen LogP contribution in [0.2, 0.25) is 0 Å². The van der Waals surface area contributed by atoms with Crippen LogP contribution in [-0.2, 0) is 12.8 Å². The monoisotopic (exact) mass is 468 g/mol. The fraction of sp³-hybridized carbons (Fsp3) is 0.818. The van der Waals surface area contributed by atoms with Gasteiger partial charge in [0.05, 0.1) is 0 Å². The number of benzene rings is 1. The molecule has 1 aromatic carbocycles. The predicted molar refractivity (Wildman–Crippen MR) is 145 cm³/mol. The van der Waals surface area contributed by atoms with Crippen LogP contribution in [0.1, 0.15) is 152 Å². The van der Waals surface area contributed by atoms with Crippen LogP contribution in [0.5, 0.6) is 0 Å². The highest BCUT2D eigenvalue weighted by molar-refractivity contribution is 5.38. The first kappa shape index (κ1) is 26.2. The third-order valence-corrected chi connectivity index (χ3v) is 10.0. The quantitative estimate of drug-likeness (QED) is 0.268. The van der Waals surface area contributed by atoms with Gasteiger partial charge in [0.2, 0.25) is 0 Å². The predicted octanol–water partition coefficient (Wildman–Crippen LogP) is 10.6. The van der Waals surface area contributed by atoms with Crippen molar-refractivity contribution in [2.75, 3.05) is 0 Å². The first-order valence-corrected chi connectivity index (χ1v) is 15.5. The Morgan fingerprint density at radius 2 is 1.38 bits per heavy atom. The molecule has 1 heteroatoms. The first-order valence-electron chi connectivity index (χ1n) is 15.5. The van der Waals surface area contributed by atoms with Gasteiger partial charge in [0.25, 0.3) is 0 Å². The highest BCUT2D eigenvalue weighted by Crippen LogP contribution is 2.49. The van der Waals surface area contributed by atoms with Gasteiger partial charge in [-0.05, 0) is 97.6 Å². The van der Waals surface area contributed by atoms with E-state index in [1.54, 1.807) is 0 Å². The van der Waals surface area contributed by atoms with Crippen molar-refractivity contribution in [1.29, 1.82) is 0 Å². The smallest absolute Gasteiger partial charge is 0.130 e. The van der Waals surface area contributed by atoms with Gasteiger partial charge < -0.3 is 0 Å². The third kappa shape index (κ3) is 6.88. The maximum Gasteiger partial charge on any atom is 0.130 e. The lowest BCUT2D eigenvalue weighted by Gasteiger charge is -2.42. The van der Waals surface area contributed by atoms with Crippen molar-refractivity contribution in [3.63, 3.8) is 0 Å². The molecular weight excluding hydrogens is 415 g/mol. The molecule has 0 saturated heterocycles. The second-order valence-electron chi connectivity index (χ2n) is 12.5. The lowest BCUT2D eigenvalue weighted by molar-refractivity contribution is 0.112. The van der Waals surface area contributed by atoms with Gasteiger partial charge in [-0.15, -0.1) is 0 Å². The Bertz CT molecular complexity index is 736. The Hall–Kier alpha value is -0.850. The molecular formula is C33H53F. The van der Waals surface area contributed by atoms with Gasteiger partial charge in [-0.2, -0.15) is 0 Å². The summed E-state index contributed by atoms with van der Waals surface area (Å²) in [7, 11) is 0. The van der Waals surface area contributed by atoms with Gasteiger partial charge in [0.1, 0.15) is 5.82 Å². The molecule has 4 rings (SSSR count). The van der Waals surface area contributed by atoms with Gasteiger partial charge in [-0.25, -0.2) is 4.39 Å². The molecule has 2 saturated carbocycles. The average molecular weight is 469 g/mol. The molecule has 0 aromatic heterocycles. The molecule has 5 unspecified atom stereocenters. The summed E-state index contributed by atoms with van der Waals surface area (Å²) in [5.41, 5.74) is 3.51. The van der Waals surface area contributed by atoms with Crippen molar-refractivity contribution in [1.82, 2.24) is 0 Å². The van der Waals surface area contributed by atoms with Gasteiger partial charge in [0.15, 0.2) is 0 Å². The van der Waals surface area contributed by atoms with Gasteiger partial charge in [-0.1, -0.05) is 103 Å². The van der Waals surface area contributed by atoms with Crippen LogP contribution in [0.25, 0.3) is 0 Å². The summed E-state index contributed by atoms with van der Waals surface area (Å²) in [4.78, 5) is 0. The molecule has 3 aliphatic rings. The second-order valence-corrected chi connectivity index (χ2v) is 12.5. The maximum absolute atomic E-state index is 15.7. The minimum Gasteiger partial charge on any atom is -0.206 e. The zero-order valence-corrected chi connectivity index (χ0v) is 22.6. The minimum atomic E-state index is 0.200. The summed E-state index contributed by atoms with van der Waals surface area (Å²) in [5, 5.41) is 0. The van der Waals surface area contributed by atoms with Crippen molar-refractivity contribution in [3.05, 3.63) is 34.6 Å². The highest BCUT2D eigenvalue weighted by atomic mass is 19.1. The van der Waals surface area contributed by atoms with Crippen molar-refractivity contribution in [2.45, 2.75) is 148 Å². The Morgan fingerprint density at radius 1 is 0.706 bits per heavy atom. The number of rotatable bonds is 12. The van der Waals surface area contributed by atoms with Crippen LogP contribution in [0, 0.1) is 29.5 Å². The topological polar surface area (TPSA) is 0 Å². The molecule has 0 heterocycles. The van der Waals surface area contributed by atoms with Crippen molar-refractivity contribution >= 4 is 0 Å². The van der Waals surface area contributed by atoms with Crippen molar-refractivity contribution in [2.24, 2.45) is 23.7 Å². The molecule has 0 N–H and O–H groups in total. The number of unbranched alkanes of at least 4 members (excludes halogenated alkanes) is 7. The Kier molecular flexibility index (Phi) is 10.4. The lowest BCUT2D eigenvalue weighted by Crippen LogP contribution is -2.31. The van der Waals surface area contributed by atoms with Crippen LogP contribution in [0.4, 0.5) is 4.39 Å². The van der Waals surface area contributed by atoms with Gasteiger partial charge >= 0.3 is 0 Å². The van der Waals surface area contributed by atoms with E-state index in [2.05, 4.69) is 26.0 Å². The molecule has 0 aliphatic heterocycles. The van der Waals surface area contributed by atoms with E-state index in [0.717, 1.165) is 47.6 Å². The average Bonchev–Trinajstić information content (AvgIpc) is 2.86. The lowest BCUT2D eigenvalue weighted by atomic mass is 9.63.